The third kappa shape index (κ3) is 4.18. The summed E-state index contributed by atoms with van der Waals surface area (Å²) in [5, 5.41) is 0. The SMILES string of the molecule is O=C(C1CCC2(CCC2)O1)N1CCCC(OCCC(F)(F)F)C1. The van der Waals surface area contributed by atoms with Gasteiger partial charge in [0.15, 0.2) is 0 Å². The van der Waals surface area contributed by atoms with Crippen molar-refractivity contribution in [2.45, 2.75) is 75.4 Å². The van der Waals surface area contributed by atoms with Gasteiger partial charge in [-0.15, -0.1) is 0 Å². The molecule has 2 atom stereocenters. The van der Waals surface area contributed by atoms with Crippen molar-refractivity contribution in [3.63, 3.8) is 0 Å². The van der Waals surface area contributed by atoms with Crippen LogP contribution in [0.1, 0.15) is 51.4 Å². The molecule has 0 bridgehead atoms. The van der Waals surface area contributed by atoms with Gasteiger partial charge in [0.25, 0.3) is 5.91 Å². The van der Waals surface area contributed by atoms with Gasteiger partial charge < -0.3 is 14.4 Å². The molecule has 1 aliphatic carbocycles. The topological polar surface area (TPSA) is 38.8 Å². The molecule has 0 N–H and O–H groups in total. The zero-order chi connectivity index (χ0) is 16.5. The maximum atomic E-state index is 12.6. The third-order valence-electron chi connectivity index (χ3n) is 5.22. The molecule has 7 heteroatoms. The molecule has 23 heavy (non-hydrogen) atoms. The number of amides is 1. The van der Waals surface area contributed by atoms with E-state index in [0.717, 1.165) is 32.1 Å². The number of carbonyl (C=O) groups is 1. The summed E-state index contributed by atoms with van der Waals surface area (Å²) in [6.45, 7) is 0.688. The van der Waals surface area contributed by atoms with Crippen LogP contribution in [0.3, 0.4) is 0 Å². The van der Waals surface area contributed by atoms with Crippen molar-refractivity contribution in [3.05, 3.63) is 0 Å². The highest BCUT2D eigenvalue weighted by atomic mass is 19.4. The molecule has 0 aromatic heterocycles. The van der Waals surface area contributed by atoms with Crippen LogP contribution in [0.5, 0.6) is 0 Å². The number of alkyl halides is 3. The van der Waals surface area contributed by atoms with Gasteiger partial charge in [0.05, 0.1) is 24.7 Å². The van der Waals surface area contributed by atoms with Gasteiger partial charge in [-0.25, -0.2) is 0 Å². The molecule has 3 fully saturated rings. The van der Waals surface area contributed by atoms with Gasteiger partial charge in [0, 0.05) is 13.1 Å². The Balaban J connectivity index is 1.45. The molecule has 132 valence electrons. The lowest BCUT2D eigenvalue weighted by Crippen LogP contribution is -2.48. The standard InChI is InChI=1S/C16H24F3NO3/c17-16(18,19)8-10-22-12-3-1-9-20(11-12)14(21)13-4-7-15(23-13)5-2-6-15/h12-13H,1-11H2. The van der Waals surface area contributed by atoms with Gasteiger partial charge in [-0.1, -0.05) is 0 Å². The van der Waals surface area contributed by atoms with Crippen LogP contribution in [0.2, 0.25) is 0 Å². The molecule has 0 radical (unpaired) electrons. The second-order valence-corrected chi connectivity index (χ2v) is 6.97. The molecule has 0 aromatic carbocycles. The summed E-state index contributed by atoms with van der Waals surface area (Å²) in [5.41, 5.74) is -0.0568. The number of piperidine rings is 1. The molecular weight excluding hydrogens is 311 g/mol. The summed E-state index contributed by atoms with van der Waals surface area (Å²) in [5.74, 6) is -0.0158. The molecule has 4 nitrogen and oxygen atoms in total. The van der Waals surface area contributed by atoms with Crippen LogP contribution < -0.4 is 0 Å². The van der Waals surface area contributed by atoms with E-state index in [-0.39, 0.29) is 30.3 Å². The maximum Gasteiger partial charge on any atom is 0.391 e. The number of nitrogens with zero attached hydrogens (tertiary/aromatic N) is 1. The zero-order valence-corrected chi connectivity index (χ0v) is 13.2. The Bertz CT molecular complexity index is 437. The van der Waals surface area contributed by atoms with Crippen LogP contribution in [0.4, 0.5) is 13.2 Å². The summed E-state index contributed by atoms with van der Waals surface area (Å²) >= 11 is 0. The number of ether oxygens (including phenoxy) is 2. The Kier molecular flexibility index (Phi) is 4.88. The lowest BCUT2D eigenvalue weighted by molar-refractivity contribution is -0.162. The molecule has 1 spiro atoms. The predicted molar refractivity (Wildman–Crippen MR) is 76.9 cm³/mol. The fourth-order valence-electron chi connectivity index (χ4n) is 3.75. The second-order valence-electron chi connectivity index (χ2n) is 6.97. The van der Waals surface area contributed by atoms with Crippen LogP contribution >= 0.6 is 0 Å². The summed E-state index contributed by atoms with van der Waals surface area (Å²) in [6.07, 6.45) is 0.623. The van der Waals surface area contributed by atoms with E-state index in [9.17, 15) is 18.0 Å². The largest absolute Gasteiger partial charge is 0.391 e. The van der Waals surface area contributed by atoms with Crippen LogP contribution in [0.25, 0.3) is 0 Å². The quantitative estimate of drug-likeness (QED) is 0.793. The van der Waals surface area contributed by atoms with Crippen molar-refractivity contribution in [1.82, 2.24) is 4.90 Å². The predicted octanol–water partition coefficient (Wildman–Crippen LogP) is 3.05. The highest BCUT2D eigenvalue weighted by Gasteiger charge is 2.47. The highest BCUT2D eigenvalue weighted by molar-refractivity contribution is 5.81. The molecule has 3 aliphatic rings. The Morgan fingerprint density at radius 3 is 2.61 bits per heavy atom. The Morgan fingerprint density at radius 1 is 1.22 bits per heavy atom. The van der Waals surface area contributed by atoms with Crippen LogP contribution in [-0.4, -0.2) is 54.5 Å². The van der Waals surface area contributed by atoms with Crippen molar-refractivity contribution in [2.24, 2.45) is 0 Å². The third-order valence-corrected chi connectivity index (χ3v) is 5.22. The van der Waals surface area contributed by atoms with E-state index in [1.54, 1.807) is 4.90 Å². The molecular formula is C16H24F3NO3. The molecule has 0 aromatic rings. The lowest BCUT2D eigenvalue weighted by Gasteiger charge is -2.39. The first-order valence-electron chi connectivity index (χ1n) is 8.52. The fourth-order valence-corrected chi connectivity index (χ4v) is 3.75. The number of hydrogen-bond acceptors (Lipinski definition) is 3. The monoisotopic (exact) mass is 335 g/mol. The number of rotatable bonds is 4. The lowest BCUT2D eigenvalue weighted by atomic mass is 9.78. The van der Waals surface area contributed by atoms with E-state index in [0.29, 0.717) is 19.5 Å². The van der Waals surface area contributed by atoms with Crippen LogP contribution in [0, 0.1) is 0 Å². The van der Waals surface area contributed by atoms with Crippen LogP contribution in [-0.2, 0) is 14.3 Å². The number of hydrogen-bond donors (Lipinski definition) is 0. The first-order valence-corrected chi connectivity index (χ1v) is 8.52. The van der Waals surface area contributed by atoms with Gasteiger partial charge in [-0.2, -0.15) is 13.2 Å². The molecule has 2 heterocycles. The fraction of sp³-hybridized carbons (Fsp3) is 0.938. The second kappa shape index (κ2) is 6.59. The van der Waals surface area contributed by atoms with E-state index >= 15 is 0 Å². The Morgan fingerprint density at radius 2 is 2.00 bits per heavy atom. The first-order chi connectivity index (χ1) is 10.9. The molecule has 2 saturated heterocycles. The van der Waals surface area contributed by atoms with E-state index in [4.69, 9.17) is 9.47 Å². The summed E-state index contributed by atoms with van der Waals surface area (Å²) in [6, 6.07) is 0. The van der Waals surface area contributed by atoms with Gasteiger partial charge in [-0.05, 0) is 44.9 Å². The molecule has 1 saturated carbocycles. The minimum atomic E-state index is -4.20. The zero-order valence-electron chi connectivity index (χ0n) is 13.2. The van der Waals surface area contributed by atoms with Gasteiger partial charge in [0.2, 0.25) is 0 Å². The molecule has 2 unspecified atom stereocenters. The summed E-state index contributed by atoms with van der Waals surface area (Å²) in [4.78, 5) is 14.3. The Labute approximate surface area is 134 Å². The van der Waals surface area contributed by atoms with Crippen molar-refractivity contribution in [2.75, 3.05) is 19.7 Å². The van der Waals surface area contributed by atoms with E-state index in [1.807, 2.05) is 0 Å². The van der Waals surface area contributed by atoms with Crippen molar-refractivity contribution < 1.29 is 27.4 Å². The number of halogens is 3. The molecule has 2 aliphatic heterocycles. The normalized spacial score (nSPS) is 30.5. The number of carbonyl (C=O) groups excluding carboxylic acids is 1. The molecule has 3 rings (SSSR count). The summed E-state index contributed by atoms with van der Waals surface area (Å²) < 4.78 is 47.8. The van der Waals surface area contributed by atoms with E-state index in [2.05, 4.69) is 0 Å². The van der Waals surface area contributed by atoms with Gasteiger partial charge >= 0.3 is 6.18 Å². The van der Waals surface area contributed by atoms with Crippen LogP contribution in [0.15, 0.2) is 0 Å². The van der Waals surface area contributed by atoms with E-state index in [1.165, 1.54) is 6.42 Å². The Hall–Kier alpha value is -0.820. The van der Waals surface area contributed by atoms with Gasteiger partial charge in [0.1, 0.15) is 6.10 Å². The van der Waals surface area contributed by atoms with Gasteiger partial charge in [-0.3, -0.25) is 4.79 Å². The van der Waals surface area contributed by atoms with Crippen molar-refractivity contribution in [1.29, 1.82) is 0 Å². The van der Waals surface area contributed by atoms with Crippen molar-refractivity contribution >= 4 is 5.91 Å². The number of likely N-dealkylation sites (tertiary alicyclic amines) is 1. The minimum Gasteiger partial charge on any atom is -0.376 e. The average molecular weight is 335 g/mol. The first kappa shape index (κ1) is 17.0. The summed E-state index contributed by atoms with van der Waals surface area (Å²) in [7, 11) is 0. The minimum absolute atomic E-state index is 0.0158. The maximum absolute atomic E-state index is 12.6. The molecule has 1 amide bonds. The smallest absolute Gasteiger partial charge is 0.376 e. The van der Waals surface area contributed by atoms with Crippen molar-refractivity contribution in [3.8, 4) is 0 Å². The van der Waals surface area contributed by atoms with E-state index < -0.39 is 12.6 Å². The average Bonchev–Trinajstić information content (AvgIpc) is 2.91. The highest BCUT2D eigenvalue weighted by Crippen LogP contribution is 2.46.